The van der Waals surface area contributed by atoms with Gasteiger partial charge in [0.05, 0.1) is 11.3 Å². The van der Waals surface area contributed by atoms with Crippen molar-refractivity contribution in [2.24, 2.45) is 16.8 Å². The lowest BCUT2D eigenvalue weighted by molar-refractivity contribution is -0.691. The fourth-order valence-corrected chi connectivity index (χ4v) is 6.14. The highest BCUT2D eigenvalue weighted by Gasteiger charge is 2.54. The summed E-state index contributed by atoms with van der Waals surface area (Å²) < 4.78 is 1.65. The second-order valence-electron chi connectivity index (χ2n) is 9.88. The number of rotatable bonds is 13. The number of carbonyl (C=O) groups excluding carboxylic acids is 2. The molecule has 2 aromatic heterocycles. The zero-order valence-corrected chi connectivity index (χ0v) is 24.3. The second kappa shape index (κ2) is 12.3. The molecule has 1 amide bonds. The van der Waals surface area contributed by atoms with Crippen LogP contribution in [-0.4, -0.2) is 84.2 Å². The van der Waals surface area contributed by atoms with E-state index < -0.39 is 40.5 Å². The number of aromatic nitrogens is 3. The number of thiazole rings is 1. The first kappa shape index (κ1) is 30.7. The number of hydrogen-bond acceptors (Lipinski definition) is 14. The molecule has 1 fully saturated rings. The van der Waals surface area contributed by atoms with E-state index in [-0.39, 0.29) is 46.8 Å². The summed E-state index contributed by atoms with van der Waals surface area (Å²) in [4.78, 5) is 64.9. The summed E-state index contributed by atoms with van der Waals surface area (Å²) in [5, 5.41) is 27.2. The summed E-state index contributed by atoms with van der Waals surface area (Å²) in [6.45, 7) is 3.49. The number of carbonyl (C=O) groups is 4. The fourth-order valence-electron chi connectivity index (χ4n) is 4.19. The maximum Gasteiger partial charge on any atom is 0.352 e. The quantitative estimate of drug-likeness (QED) is 0.0713. The van der Waals surface area contributed by atoms with Gasteiger partial charge < -0.3 is 37.6 Å². The minimum absolute atomic E-state index is 0.0754. The van der Waals surface area contributed by atoms with Crippen molar-refractivity contribution in [2.75, 3.05) is 35.6 Å². The lowest BCUT2D eigenvalue weighted by Crippen LogP contribution is -2.62. The second-order valence-corrected chi connectivity index (χ2v) is 11.9. The van der Waals surface area contributed by atoms with Gasteiger partial charge in [-0.15, -0.1) is 23.1 Å². The number of nitrogens with two attached hydrogens (primary N) is 3. The average Bonchev–Trinajstić information content (AvgIpc) is 3.37. The molecular weight excluding hydrogens is 590 g/mol. The summed E-state index contributed by atoms with van der Waals surface area (Å²) in [5.41, 5.74) is 16.1. The van der Waals surface area contributed by atoms with E-state index in [9.17, 15) is 29.4 Å². The number of nitrogens with zero attached hydrogens (tertiary/aromatic N) is 5. The Bertz CT molecular complexity index is 1490. The van der Waals surface area contributed by atoms with Crippen LogP contribution in [0.4, 0.5) is 16.6 Å². The van der Waals surface area contributed by atoms with Crippen molar-refractivity contribution >= 4 is 69.1 Å². The molecule has 1 unspecified atom stereocenters. The highest BCUT2D eigenvalue weighted by atomic mass is 32.2. The van der Waals surface area contributed by atoms with Gasteiger partial charge in [-0.1, -0.05) is 5.16 Å². The zero-order valence-electron chi connectivity index (χ0n) is 22.6. The van der Waals surface area contributed by atoms with E-state index in [1.165, 1.54) is 42.2 Å². The van der Waals surface area contributed by atoms with Gasteiger partial charge in [-0.05, 0) is 18.8 Å². The Morgan fingerprint density at radius 2 is 2.05 bits per heavy atom. The summed E-state index contributed by atoms with van der Waals surface area (Å²) in [6, 6.07) is 0. The Labute approximate surface area is 247 Å². The summed E-state index contributed by atoms with van der Waals surface area (Å²) >= 11 is 2.37. The Hall–Kier alpha value is -4.29. The number of β-lactam (4-membered cyclic amide) rings is 1. The molecule has 4 heterocycles. The van der Waals surface area contributed by atoms with Crippen LogP contribution < -0.4 is 27.1 Å². The minimum Gasteiger partial charge on any atom is -0.478 e. The van der Waals surface area contributed by atoms with Crippen LogP contribution in [-0.2, 0) is 30.6 Å². The Morgan fingerprint density at radius 1 is 1.31 bits per heavy atom. The van der Waals surface area contributed by atoms with E-state index in [2.05, 4.69) is 20.4 Å². The van der Waals surface area contributed by atoms with Gasteiger partial charge in [0.15, 0.2) is 16.6 Å². The number of fused-ring (bicyclic) bond motifs is 1. The topological polar surface area (TPSA) is 253 Å². The average molecular weight is 621 g/mol. The standard InChI is InChI=1S/C24H29N9O7S2/c1-24(2,22(38)39)40-31-16(14-9-42-23(27)30-14)15(34)5-12-19(35)33-17(21(36)37)11(8-41-20(12)33)6-32-7-13(28-4-3-25)18(26)29-10-32/h7,9-10,12,20,26,28H,3-6,8,25H2,1-2H3,(H4,27,30,36,37,38,39)/p+1/b31-16-/t12-,20?/m1/s1. The van der Waals surface area contributed by atoms with Crippen molar-refractivity contribution < 1.29 is 38.8 Å². The van der Waals surface area contributed by atoms with Crippen molar-refractivity contribution in [3.63, 3.8) is 0 Å². The third-order valence-corrected chi connectivity index (χ3v) is 8.49. The zero-order chi connectivity index (χ0) is 30.8. The first-order valence-corrected chi connectivity index (χ1v) is 14.5. The Balaban J connectivity index is 1.54. The number of nitrogens with one attached hydrogen (secondary N) is 1. The molecule has 42 heavy (non-hydrogen) atoms. The van der Waals surface area contributed by atoms with E-state index in [0.29, 0.717) is 24.4 Å². The van der Waals surface area contributed by atoms with Crippen LogP contribution in [0.2, 0.25) is 0 Å². The van der Waals surface area contributed by atoms with Gasteiger partial charge in [-0.2, -0.15) is 0 Å². The molecule has 0 aliphatic carbocycles. The highest BCUT2D eigenvalue weighted by Crippen LogP contribution is 2.45. The molecule has 0 saturated carbocycles. The molecule has 0 spiro atoms. The van der Waals surface area contributed by atoms with Crippen molar-refractivity contribution in [1.82, 2.24) is 14.9 Å². The van der Waals surface area contributed by atoms with E-state index in [0.717, 1.165) is 11.3 Å². The monoisotopic (exact) mass is 620 g/mol. The van der Waals surface area contributed by atoms with Crippen LogP contribution in [0.25, 0.3) is 0 Å². The molecule has 2 atom stereocenters. The maximum atomic E-state index is 13.3. The van der Waals surface area contributed by atoms with Gasteiger partial charge in [0.2, 0.25) is 11.5 Å². The predicted octanol–water partition coefficient (Wildman–Crippen LogP) is -0.526. The third-order valence-electron chi connectivity index (χ3n) is 6.42. The van der Waals surface area contributed by atoms with Gasteiger partial charge in [-0.3, -0.25) is 14.5 Å². The number of nitrogen functional groups attached to an aromatic ring is 2. The molecule has 0 bridgehead atoms. The first-order chi connectivity index (χ1) is 19.8. The third kappa shape index (κ3) is 6.29. The lowest BCUT2D eigenvalue weighted by atomic mass is 9.89. The van der Waals surface area contributed by atoms with Crippen molar-refractivity contribution in [2.45, 2.75) is 37.8 Å². The molecule has 18 heteroatoms. The number of carboxylic acids is 2. The number of aliphatic carboxylic acids is 2. The van der Waals surface area contributed by atoms with Crippen molar-refractivity contribution in [1.29, 1.82) is 0 Å². The smallest absolute Gasteiger partial charge is 0.352 e. The normalized spacial score (nSPS) is 18.8. The first-order valence-electron chi connectivity index (χ1n) is 12.6. The SMILES string of the molecule is CC(C)(O/N=C(\C(=O)C[C@@H]1C(=O)N2C(C(=O)O)=C(C[n+]3cnc(N)c(NCCN)c3)CSC12)c1csc(N)n1)C(=O)O. The van der Waals surface area contributed by atoms with Gasteiger partial charge in [0, 0.05) is 36.2 Å². The van der Waals surface area contributed by atoms with Gasteiger partial charge in [-0.25, -0.2) is 19.1 Å². The molecular formula is C24H30N9O7S2+. The van der Waals surface area contributed by atoms with Crippen LogP contribution in [0.1, 0.15) is 26.0 Å². The number of ketones is 1. The molecule has 0 aromatic carbocycles. The van der Waals surface area contributed by atoms with E-state index in [1.54, 1.807) is 10.8 Å². The van der Waals surface area contributed by atoms with E-state index >= 15 is 0 Å². The number of anilines is 3. The molecule has 2 aliphatic heterocycles. The molecule has 2 aromatic rings. The van der Waals surface area contributed by atoms with Crippen molar-refractivity contribution in [3.05, 3.63) is 34.9 Å². The number of carboxylic acid groups (broad SMARTS) is 2. The van der Waals surface area contributed by atoms with Crippen LogP contribution in [0, 0.1) is 5.92 Å². The predicted molar refractivity (Wildman–Crippen MR) is 153 cm³/mol. The largest absolute Gasteiger partial charge is 0.478 e. The van der Waals surface area contributed by atoms with Crippen LogP contribution in [0.15, 0.2) is 34.3 Å². The summed E-state index contributed by atoms with van der Waals surface area (Å²) in [5.74, 6) is -4.05. The molecule has 2 aliphatic rings. The lowest BCUT2D eigenvalue weighted by Gasteiger charge is -2.49. The molecule has 1 saturated heterocycles. The van der Waals surface area contributed by atoms with Gasteiger partial charge in [0.25, 0.3) is 12.1 Å². The van der Waals surface area contributed by atoms with E-state index in [4.69, 9.17) is 22.0 Å². The number of amides is 1. The number of thioether (sulfide) groups is 1. The van der Waals surface area contributed by atoms with E-state index in [1.807, 2.05) is 0 Å². The molecule has 4 rings (SSSR count). The summed E-state index contributed by atoms with van der Waals surface area (Å²) in [7, 11) is 0. The number of Topliss-reactive ketones (excluding diaryl/α,β-unsaturated/α-hetero) is 1. The summed E-state index contributed by atoms with van der Waals surface area (Å²) in [6.07, 6.45) is 2.82. The van der Waals surface area contributed by atoms with Crippen LogP contribution >= 0.6 is 23.1 Å². The van der Waals surface area contributed by atoms with Gasteiger partial charge >= 0.3 is 11.9 Å². The minimum atomic E-state index is -1.74. The number of oxime groups is 1. The van der Waals surface area contributed by atoms with Gasteiger partial charge in [0.1, 0.15) is 29.8 Å². The van der Waals surface area contributed by atoms with Crippen molar-refractivity contribution in [3.8, 4) is 0 Å². The number of hydrogen-bond donors (Lipinski definition) is 6. The molecule has 16 nitrogen and oxygen atoms in total. The Kier molecular flexibility index (Phi) is 8.97. The fraction of sp³-hybridized carbons (Fsp3) is 0.417. The highest BCUT2D eigenvalue weighted by molar-refractivity contribution is 8.00. The molecule has 0 radical (unpaired) electrons. The maximum absolute atomic E-state index is 13.3. The van der Waals surface area contributed by atoms with Crippen LogP contribution in [0.3, 0.4) is 0 Å². The molecule has 224 valence electrons. The molecule has 9 N–H and O–H groups in total. The van der Waals surface area contributed by atoms with Crippen LogP contribution in [0.5, 0.6) is 0 Å². The Morgan fingerprint density at radius 3 is 2.67 bits per heavy atom.